The number of carbonyl (C=O) groups is 1. The molecule has 1 N–H and O–H groups in total. The largest absolute Gasteiger partial charge is 0.349 e. The molecule has 0 aliphatic carbocycles. The van der Waals surface area contributed by atoms with Gasteiger partial charge >= 0.3 is 0 Å². The third-order valence-electron chi connectivity index (χ3n) is 3.76. The van der Waals surface area contributed by atoms with E-state index in [0.29, 0.717) is 11.4 Å². The first-order valence-corrected chi connectivity index (χ1v) is 9.91. The van der Waals surface area contributed by atoms with Crippen LogP contribution in [-0.4, -0.2) is 20.6 Å². The molecule has 0 bridgehead atoms. The summed E-state index contributed by atoms with van der Waals surface area (Å²) >= 11 is 6.08. The fourth-order valence-corrected chi connectivity index (χ4v) is 3.26. The van der Waals surface area contributed by atoms with Crippen LogP contribution in [0.4, 0.5) is 0 Å². The minimum atomic E-state index is -3.22. The maximum absolute atomic E-state index is 12.3. The lowest BCUT2D eigenvalue weighted by molar-refractivity contribution is -0.121. The van der Waals surface area contributed by atoms with E-state index in [9.17, 15) is 13.2 Å². The van der Waals surface area contributed by atoms with Crippen LogP contribution in [0.15, 0.2) is 53.4 Å². The summed E-state index contributed by atoms with van der Waals surface area (Å²) in [6.07, 6.45) is 2.08. The van der Waals surface area contributed by atoms with Crippen molar-refractivity contribution in [2.24, 2.45) is 0 Å². The lowest BCUT2D eigenvalue weighted by atomic mass is 10.0. The standard InChI is InChI=1S/C18H20ClNO3S/c1-3-17(13-8-10-15(11-9-13)24(2,22)23)20-18(21)12-14-6-4-5-7-16(14)19/h4-11,17H,3,12H2,1-2H3,(H,20,21). The Morgan fingerprint density at radius 3 is 2.29 bits per heavy atom. The van der Waals surface area contributed by atoms with Gasteiger partial charge in [-0.15, -0.1) is 0 Å². The van der Waals surface area contributed by atoms with Crippen LogP contribution in [0.2, 0.25) is 5.02 Å². The van der Waals surface area contributed by atoms with Crippen molar-refractivity contribution in [1.82, 2.24) is 5.32 Å². The minimum Gasteiger partial charge on any atom is -0.349 e. The third kappa shape index (κ3) is 4.82. The van der Waals surface area contributed by atoms with E-state index < -0.39 is 9.84 Å². The molecule has 0 saturated heterocycles. The Morgan fingerprint density at radius 2 is 1.75 bits per heavy atom. The summed E-state index contributed by atoms with van der Waals surface area (Å²) in [4.78, 5) is 12.5. The molecule has 0 aliphatic heterocycles. The molecule has 0 aromatic heterocycles. The molecular formula is C18H20ClNO3S. The van der Waals surface area contributed by atoms with E-state index in [2.05, 4.69) is 5.32 Å². The molecule has 4 nitrogen and oxygen atoms in total. The van der Waals surface area contributed by atoms with E-state index in [1.165, 1.54) is 6.26 Å². The van der Waals surface area contributed by atoms with Crippen LogP contribution in [0.1, 0.15) is 30.5 Å². The van der Waals surface area contributed by atoms with Gasteiger partial charge in [0.05, 0.1) is 17.4 Å². The van der Waals surface area contributed by atoms with Gasteiger partial charge in [-0.25, -0.2) is 8.42 Å². The highest BCUT2D eigenvalue weighted by molar-refractivity contribution is 7.90. The van der Waals surface area contributed by atoms with Gasteiger partial charge < -0.3 is 5.32 Å². The lowest BCUT2D eigenvalue weighted by Gasteiger charge is -2.18. The van der Waals surface area contributed by atoms with Crippen molar-refractivity contribution in [3.8, 4) is 0 Å². The predicted octanol–water partition coefficient (Wildman–Crippen LogP) is 3.55. The lowest BCUT2D eigenvalue weighted by Crippen LogP contribution is -2.29. The van der Waals surface area contributed by atoms with Gasteiger partial charge in [0, 0.05) is 11.3 Å². The van der Waals surface area contributed by atoms with Crippen LogP contribution >= 0.6 is 11.6 Å². The van der Waals surface area contributed by atoms with Gasteiger partial charge in [-0.1, -0.05) is 48.9 Å². The van der Waals surface area contributed by atoms with E-state index in [4.69, 9.17) is 11.6 Å². The Morgan fingerprint density at radius 1 is 1.12 bits per heavy atom. The first-order valence-electron chi connectivity index (χ1n) is 7.64. The number of benzene rings is 2. The van der Waals surface area contributed by atoms with Gasteiger partial charge in [-0.2, -0.15) is 0 Å². The summed E-state index contributed by atoms with van der Waals surface area (Å²) in [7, 11) is -3.22. The SMILES string of the molecule is CCC(NC(=O)Cc1ccccc1Cl)c1ccc(S(C)(=O)=O)cc1. The third-order valence-corrected chi connectivity index (χ3v) is 5.26. The Balaban J connectivity index is 2.09. The number of carbonyl (C=O) groups excluding carboxylic acids is 1. The van der Waals surface area contributed by atoms with Gasteiger partial charge in [0.1, 0.15) is 0 Å². The average molecular weight is 366 g/mol. The molecule has 1 unspecified atom stereocenters. The van der Waals surface area contributed by atoms with Crippen LogP contribution in [0.5, 0.6) is 0 Å². The Hall–Kier alpha value is -1.85. The second-order valence-corrected chi connectivity index (χ2v) is 8.06. The van der Waals surface area contributed by atoms with Gasteiger partial charge in [0.15, 0.2) is 9.84 Å². The van der Waals surface area contributed by atoms with Gasteiger partial charge in [-0.05, 0) is 35.7 Å². The molecule has 0 spiro atoms. The average Bonchev–Trinajstić information content (AvgIpc) is 2.54. The van der Waals surface area contributed by atoms with E-state index in [1.54, 1.807) is 30.3 Å². The van der Waals surface area contributed by atoms with Crippen LogP contribution in [0, 0.1) is 0 Å². The first kappa shape index (κ1) is 18.5. The number of hydrogen-bond acceptors (Lipinski definition) is 3. The summed E-state index contributed by atoms with van der Waals surface area (Å²) in [6, 6.07) is 13.7. The van der Waals surface area contributed by atoms with E-state index >= 15 is 0 Å². The zero-order valence-electron chi connectivity index (χ0n) is 13.6. The van der Waals surface area contributed by atoms with Gasteiger partial charge in [0.25, 0.3) is 0 Å². The molecule has 2 aromatic carbocycles. The topological polar surface area (TPSA) is 63.2 Å². The van der Waals surface area contributed by atoms with Crippen LogP contribution in [0.3, 0.4) is 0 Å². The summed E-state index contributed by atoms with van der Waals surface area (Å²) in [5.41, 5.74) is 1.65. The maximum Gasteiger partial charge on any atom is 0.224 e. The van der Waals surface area contributed by atoms with Crippen molar-refractivity contribution >= 4 is 27.3 Å². The Labute approximate surface area is 147 Å². The number of nitrogens with one attached hydrogen (secondary N) is 1. The molecular weight excluding hydrogens is 346 g/mol. The minimum absolute atomic E-state index is 0.123. The zero-order chi connectivity index (χ0) is 17.7. The second kappa shape index (κ2) is 7.81. The summed E-state index contributed by atoms with van der Waals surface area (Å²) < 4.78 is 23.0. The van der Waals surface area contributed by atoms with E-state index in [-0.39, 0.29) is 23.3 Å². The molecule has 0 radical (unpaired) electrons. The second-order valence-electron chi connectivity index (χ2n) is 5.64. The predicted molar refractivity (Wildman–Crippen MR) is 95.9 cm³/mol. The molecule has 0 aliphatic rings. The smallest absolute Gasteiger partial charge is 0.224 e. The van der Waals surface area contributed by atoms with Crippen LogP contribution < -0.4 is 5.32 Å². The Bertz CT molecular complexity index is 816. The fraction of sp³-hybridized carbons (Fsp3) is 0.278. The molecule has 6 heteroatoms. The molecule has 2 aromatic rings. The summed E-state index contributed by atoms with van der Waals surface area (Å²) in [5.74, 6) is -0.123. The normalized spacial score (nSPS) is 12.6. The van der Waals surface area contributed by atoms with E-state index in [1.807, 2.05) is 25.1 Å². The molecule has 128 valence electrons. The van der Waals surface area contributed by atoms with E-state index in [0.717, 1.165) is 11.1 Å². The molecule has 2 rings (SSSR count). The maximum atomic E-state index is 12.3. The van der Waals surface area contributed by atoms with Gasteiger partial charge in [0.2, 0.25) is 5.91 Å². The highest BCUT2D eigenvalue weighted by atomic mass is 35.5. The van der Waals surface area contributed by atoms with Crippen molar-refractivity contribution in [2.45, 2.75) is 30.7 Å². The van der Waals surface area contributed by atoms with Crippen LogP contribution in [0.25, 0.3) is 0 Å². The van der Waals surface area contributed by atoms with Crippen LogP contribution in [-0.2, 0) is 21.1 Å². The molecule has 24 heavy (non-hydrogen) atoms. The zero-order valence-corrected chi connectivity index (χ0v) is 15.2. The molecule has 0 saturated carbocycles. The number of halogens is 1. The van der Waals surface area contributed by atoms with Crippen molar-refractivity contribution in [3.05, 3.63) is 64.7 Å². The number of sulfone groups is 1. The quantitative estimate of drug-likeness (QED) is 0.851. The highest BCUT2D eigenvalue weighted by Gasteiger charge is 2.15. The first-order chi connectivity index (χ1) is 11.3. The monoisotopic (exact) mass is 365 g/mol. The van der Waals surface area contributed by atoms with Crippen molar-refractivity contribution in [2.75, 3.05) is 6.26 Å². The molecule has 0 heterocycles. The van der Waals surface area contributed by atoms with Gasteiger partial charge in [-0.3, -0.25) is 4.79 Å². The fourth-order valence-electron chi connectivity index (χ4n) is 2.43. The number of hydrogen-bond donors (Lipinski definition) is 1. The summed E-state index contributed by atoms with van der Waals surface area (Å²) in [6.45, 7) is 1.96. The number of amides is 1. The highest BCUT2D eigenvalue weighted by Crippen LogP contribution is 2.20. The molecule has 1 amide bonds. The van der Waals surface area contributed by atoms with Crippen molar-refractivity contribution < 1.29 is 13.2 Å². The van der Waals surface area contributed by atoms with Crippen molar-refractivity contribution in [3.63, 3.8) is 0 Å². The molecule has 1 atom stereocenters. The number of rotatable bonds is 6. The Kier molecular flexibility index (Phi) is 6.02. The molecule has 0 fully saturated rings. The van der Waals surface area contributed by atoms with Crippen molar-refractivity contribution in [1.29, 1.82) is 0 Å². The summed E-state index contributed by atoms with van der Waals surface area (Å²) in [5, 5.41) is 3.54.